The third kappa shape index (κ3) is 3.36. The molecule has 0 saturated carbocycles. The Morgan fingerprint density at radius 3 is 2.58 bits per heavy atom. The van der Waals surface area contributed by atoms with Crippen molar-refractivity contribution in [1.29, 1.82) is 0 Å². The van der Waals surface area contributed by atoms with Crippen LogP contribution in [0.1, 0.15) is 0 Å². The molecular weight excluding hydrogens is 397 g/mol. The third-order valence-electron chi connectivity index (χ3n) is 5.00. The van der Waals surface area contributed by atoms with Crippen LogP contribution in [0.15, 0.2) is 88.3 Å². The summed E-state index contributed by atoms with van der Waals surface area (Å²) in [6, 6.07) is 20.3. The molecule has 7 heteroatoms. The summed E-state index contributed by atoms with van der Waals surface area (Å²) >= 11 is 0. The molecule has 0 aliphatic heterocycles. The largest absolute Gasteiger partial charge is 0.497 e. The highest BCUT2D eigenvalue weighted by Crippen LogP contribution is 2.29. The molecule has 5 aromatic rings. The number of methoxy groups -OCH3 is 1. The molecule has 0 aliphatic carbocycles. The van der Waals surface area contributed by atoms with Crippen LogP contribution >= 0.6 is 0 Å². The first-order valence-corrected chi connectivity index (χ1v) is 9.53. The standard InChI is InChI=1S/C24H16FN3O3/c1-30-18-9-4-6-15(12-18)22-26-23(31-27-22)21-14-28(17-8-5-7-16(25)13-17)24(29)20-11-3-2-10-19(20)21/h2-14H,1H3. The summed E-state index contributed by atoms with van der Waals surface area (Å²) < 4.78 is 26.0. The third-order valence-corrected chi connectivity index (χ3v) is 5.00. The minimum absolute atomic E-state index is 0.249. The maximum Gasteiger partial charge on any atom is 0.262 e. The Balaban J connectivity index is 1.71. The molecule has 2 heterocycles. The van der Waals surface area contributed by atoms with Gasteiger partial charge in [0.1, 0.15) is 11.6 Å². The summed E-state index contributed by atoms with van der Waals surface area (Å²) in [7, 11) is 1.59. The van der Waals surface area contributed by atoms with Gasteiger partial charge in [-0.2, -0.15) is 4.98 Å². The zero-order valence-electron chi connectivity index (χ0n) is 16.4. The first-order chi connectivity index (χ1) is 15.1. The van der Waals surface area contributed by atoms with Gasteiger partial charge < -0.3 is 9.26 Å². The van der Waals surface area contributed by atoms with Crippen molar-refractivity contribution in [3.05, 3.63) is 95.2 Å². The van der Waals surface area contributed by atoms with E-state index in [0.717, 1.165) is 5.56 Å². The van der Waals surface area contributed by atoms with E-state index < -0.39 is 5.82 Å². The van der Waals surface area contributed by atoms with Crippen molar-refractivity contribution >= 4 is 10.8 Å². The number of nitrogens with zero attached hydrogens (tertiary/aromatic N) is 3. The lowest BCUT2D eigenvalue weighted by Gasteiger charge is -2.10. The minimum Gasteiger partial charge on any atom is -0.497 e. The molecule has 0 radical (unpaired) electrons. The van der Waals surface area contributed by atoms with Crippen molar-refractivity contribution in [2.45, 2.75) is 0 Å². The Hall–Kier alpha value is -4.26. The molecule has 31 heavy (non-hydrogen) atoms. The van der Waals surface area contributed by atoms with E-state index in [2.05, 4.69) is 10.1 Å². The van der Waals surface area contributed by atoms with Gasteiger partial charge in [-0.3, -0.25) is 9.36 Å². The van der Waals surface area contributed by atoms with E-state index in [0.29, 0.717) is 33.6 Å². The second kappa shape index (κ2) is 7.53. The van der Waals surface area contributed by atoms with E-state index >= 15 is 0 Å². The molecular formula is C24H16FN3O3. The molecule has 0 spiro atoms. The van der Waals surface area contributed by atoms with Gasteiger partial charge in [0, 0.05) is 22.5 Å². The lowest BCUT2D eigenvalue weighted by atomic mass is 10.1. The molecule has 0 fully saturated rings. The van der Waals surface area contributed by atoms with Crippen LogP contribution in [0, 0.1) is 5.82 Å². The number of halogens is 1. The summed E-state index contributed by atoms with van der Waals surface area (Å²) in [5, 5.41) is 5.23. The molecule has 0 saturated heterocycles. The second-order valence-corrected chi connectivity index (χ2v) is 6.90. The zero-order chi connectivity index (χ0) is 21.4. The van der Waals surface area contributed by atoms with Gasteiger partial charge in [0.15, 0.2) is 0 Å². The Morgan fingerprint density at radius 2 is 1.77 bits per heavy atom. The highest BCUT2D eigenvalue weighted by molar-refractivity contribution is 5.94. The van der Waals surface area contributed by atoms with Crippen molar-refractivity contribution in [1.82, 2.24) is 14.7 Å². The molecule has 5 rings (SSSR count). The van der Waals surface area contributed by atoms with Gasteiger partial charge >= 0.3 is 0 Å². The van der Waals surface area contributed by atoms with Crippen molar-refractivity contribution in [2.75, 3.05) is 7.11 Å². The number of aromatic nitrogens is 3. The molecule has 2 aromatic heterocycles. The Morgan fingerprint density at radius 1 is 0.968 bits per heavy atom. The topological polar surface area (TPSA) is 70.2 Å². The van der Waals surface area contributed by atoms with Crippen LogP contribution in [0.4, 0.5) is 4.39 Å². The fraction of sp³-hybridized carbons (Fsp3) is 0.0417. The van der Waals surface area contributed by atoms with Crippen molar-refractivity contribution < 1.29 is 13.7 Å². The lowest BCUT2D eigenvalue weighted by Crippen LogP contribution is -2.18. The van der Waals surface area contributed by atoms with Crippen LogP contribution in [0.3, 0.4) is 0 Å². The Labute approximate surface area is 176 Å². The van der Waals surface area contributed by atoms with E-state index in [1.165, 1.54) is 16.7 Å². The van der Waals surface area contributed by atoms with E-state index in [-0.39, 0.29) is 11.4 Å². The fourth-order valence-electron chi connectivity index (χ4n) is 3.49. The number of fused-ring (bicyclic) bond motifs is 1. The summed E-state index contributed by atoms with van der Waals surface area (Å²) in [6.45, 7) is 0. The average molecular weight is 413 g/mol. The molecule has 0 N–H and O–H groups in total. The van der Waals surface area contributed by atoms with E-state index in [1.54, 1.807) is 43.6 Å². The van der Waals surface area contributed by atoms with E-state index in [4.69, 9.17) is 9.26 Å². The second-order valence-electron chi connectivity index (χ2n) is 6.90. The van der Waals surface area contributed by atoms with Crippen molar-refractivity contribution in [3.8, 4) is 34.3 Å². The monoisotopic (exact) mass is 413 g/mol. The number of pyridine rings is 1. The number of hydrogen-bond acceptors (Lipinski definition) is 5. The molecule has 6 nitrogen and oxygen atoms in total. The Bertz CT molecular complexity index is 1470. The quantitative estimate of drug-likeness (QED) is 0.421. The fourth-order valence-corrected chi connectivity index (χ4v) is 3.49. The van der Waals surface area contributed by atoms with Crippen LogP contribution in [0.25, 0.3) is 39.3 Å². The number of rotatable bonds is 4. The minimum atomic E-state index is -0.433. The maximum atomic E-state index is 13.8. The van der Waals surface area contributed by atoms with Crippen LogP contribution in [-0.2, 0) is 0 Å². The van der Waals surface area contributed by atoms with Crippen LogP contribution < -0.4 is 10.3 Å². The van der Waals surface area contributed by atoms with Crippen LogP contribution in [0.5, 0.6) is 5.75 Å². The molecule has 3 aromatic carbocycles. The molecule has 0 bridgehead atoms. The van der Waals surface area contributed by atoms with Gasteiger partial charge in [-0.05, 0) is 36.4 Å². The molecule has 0 unspecified atom stereocenters. The van der Waals surface area contributed by atoms with E-state index in [9.17, 15) is 9.18 Å². The molecule has 0 aliphatic rings. The van der Waals surface area contributed by atoms with Crippen molar-refractivity contribution in [2.24, 2.45) is 0 Å². The first-order valence-electron chi connectivity index (χ1n) is 9.53. The van der Waals surface area contributed by atoms with Gasteiger partial charge in [0.05, 0.1) is 18.4 Å². The SMILES string of the molecule is COc1cccc(-c2noc(-c3cn(-c4cccc(F)c4)c(=O)c4ccccc34)n2)c1. The molecule has 0 atom stereocenters. The highest BCUT2D eigenvalue weighted by atomic mass is 19.1. The highest BCUT2D eigenvalue weighted by Gasteiger charge is 2.17. The van der Waals surface area contributed by atoms with Crippen LogP contribution in [-0.4, -0.2) is 21.8 Å². The average Bonchev–Trinajstić information content (AvgIpc) is 3.30. The van der Waals surface area contributed by atoms with E-state index in [1.807, 2.05) is 30.3 Å². The van der Waals surface area contributed by atoms with Crippen LogP contribution in [0.2, 0.25) is 0 Å². The molecule has 152 valence electrons. The maximum absolute atomic E-state index is 13.8. The first kappa shape index (κ1) is 18.7. The molecule has 0 amide bonds. The number of hydrogen-bond donors (Lipinski definition) is 0. The van der Waals surface area contributed by atoms with Crippen molar-refractivity contribution in [3.63, 3.8) is 0 Å². The van der Waals surface area contributed by atoms with Gasteiger partial charge in [-0.1, -0.05) is 41.6 Å². The number of benzene rings is 3. The predicted octanol–water partition coefficient (Wildman–Crippen LogP) is 4.86. The lowest BCUT2D eigenvalue weighted by molar-refractivity contribution is 0.414. The Kier molecular flexibility index (Phi) is 4.55. The van der Waals surface area contributed by atoms with Gasteiger partial charge in [0.2, 0.25) is 5.82 Å². The van der Waals surface area contributed by atoms with Gasteiger partial charge in [-0.25, -0.2) is 4.39 Å². The van der Waals surface area contributed by atoms with Gasteiger partial charge in [0.25, 0.3) is 11.4 Å². The number of ether oxygens (including phenoxy) is 1. The summed E-state index contributed by atoms with van der Waals surface area (Å²) in [5.74, 6) is 0.881. The normalized spacial score (nSPS) is 11.0. The van der Waals surface area contributed by atoms with Gasteiger partial charge in [-0.15, -0.1) is 0 Å². The zero-order valence-corrected chi connectivity index (χ0v) is 16.4. The summed E-state index contributed by atoms with van der Waals surface area (Å²) in [5.41, 5.74) is 1.44. The summed E-state index contributed by atoms with van der Waals surface area (Å²) in [4.78, 5) is 17.6. The smallest absolute Gasteiger partial charge is 0.262 e. The summed E-state index contributed by atoms with van der Waals surface area (Å²) in [6.07, 6.45) is 1.60. The predicted molar refractivity (Wildman–Crippen MR) is 115 cm³/mol.